The predicted octanol–water partition coefficient (Wildman–Crippen LogP) is 3.10. The molecule has 1 saturated heterocycles. The molecule has 1 aromatic rings. The van der Waals surface area contributed by atoms with Gasteiger partial charge in [-0.3, -0.25) is 9.78 Å². The molecule has 1 aliphatic carbocycles. The van der Waals surface area contributed by atoms with Gasteiger partial charge in [0.25, 0.3) is 5.91 Å². The molecule has 5 nitrogen and oxygen atoms in total. The summed E-state index contributed by atoms with van der Waals surface area (Å²) < 4.78 is 6.14. The van der Waals surface area contributed by atoms with E-state index in [-0.39, 0.29) is 36.6 Å². The molecule has 2 aliphatic rings. The molecule has 2 unspecified atom stereocenters. The first-order valence-electron chi connectivity index (χ1n) is 9.32. The van der Waals surface area contributed by atoms with E-state index in [4.69, 9.17) is 4.74 Å². The van der Waals surface area contributed by atoms with Crippen LogP contribution in [0.3, 0.4) is 0 Å². The normalized spacial score (nSPS) is 23.4. The number of nitrogens with one attached hydrogen (secondary N) is 1. The molecule has 2 heterocycles. The van der Waals surface area contributed by atoms with E-state index in [0.717, 1.165) is 38.0 Å². The molecule has 3 rings (SSSR count). The van der Waals surface area contributed by atoms with Gasteiger partial charge in [-0.2, -0.15) is 0 Å². The van der Waals surface area contributed by atoms with Crippen molar-refractivity contribution in [3.63, 3.8) is 0 Å². The lowest BCUT2D eigenvalue weighted by Crippen LogP contribution is -2.52. The van der Waals surface area contributed by atoms with Crippen LogP contribution < -0.4 is 5.32 Å². The minimum atomic E-state index is -0.370. The minimum Gasteiger partial charge on any atom is -0.365 e. The third kappa shape index (κ3) is 5.40. The molecule has 1 amide bonds. The Morgan fingerprint density at radius 1 is 1.32 bits per heavy atom. The smallest absolute Gasteiger partial charge is 0.252 e. The molecule has 0 aromatic carbocycles. The topological polar surface area (TPSA) is 54.5 Å². The first-order valence-corrected chi connectivity index (χ1v) is 9.32. The lowest BCUT2D eigenvalue weighted by Gasteiger charge is -2.38. The Kier molecular flexibility index (Phi) is 8.13. The molecule has 1 saturated carbocycles. The van der Waals surface area contributed by atoms with E-state index in [1.807, 2.05) is 30.2 Å². The summed E-state index contributed by atoms with van der Waals surface area (Å²) in [6, 6.07) is 4.01. The number of halogens is 1. The van der Waals surface area contributed by atoms with Crippen LogP contribution >= 0.6 is 12.4 Å². The second-order valence-corrected chi connectivity index (χ2v) is 6.93. The highest BCUT2D eigenvalue weighted by Crippen LogP contribution is 2.25. The van der Waals surface area contributed by atoms with Gasteiger partial charge in [0, 0.05) is 32.0 Å². The Morgan fingerprint density at radius 3 is 2.76 bits per heavy atom. The Bertz CT molecular complexity index is 521. The number of rotatable bonds is 4. The number of ether oxygens (including phenoxy) is 1. The van der Waals surface area contributed by atoms with Gasteiger partial charge in [0.05, 0.1) is 12.1 Å². The van der Waals surface area contributed by atoms with Crippen LogP contribution in [0, 0.1) is 0 Å². The highest BCUT2D eigenvalue weighted by Gasteiger charge is 2.32. The van der Waals surface area contributed by atoms with Crippen molar-refractivity contribution in [2.75, 3.05) is 19.6 Å². The van der Waals surface area contributed by atoms with Crippen molar-refractivity contribution < 1.29 is 9.53 Å². The average Bonchev–Trinajstić information content (AvgIpc) is 2.90. The first-order chi connectivity index (χ1) is 11.8. The van der Waals surface area contributed by atoms with Crippen LogP contribution in [0.4, 0.5) is 0 Å². The fraction of sp³-hybridized carbons (Fsp3) is 0.684. The zero-order valence-electron chi connectivity index (χ0n) is 15.0. The van der Waals surface area contributed by atoms with Gasteiger partial charge in [-0.05, 0) is 31.4 Å². The average molecular weight is 368 g/mol. The van der Waals surface area contributed by atoms with Crippen LogP contribution in [0.5, 0.6) is 0 Å². The van der Waals surface area contributed by atoms with E-state index in [0.29, 0.717) is 0 Å². The van der Waals surface area contributed by atoms with Gasteiger partial charge in [-0.15, -0.1) is 12.4 Å². The summed E-state index contributed by atoms with van der Waals surface area (Å²) in [5, 5.41) is 3.38. The SMILES string of the molecule is CC(OC1CCCCCC1)C(=O)N1CCNCC1c1cccnc1.Cl. The Hall–Kier alpha value is -1.17. The van der Waals surface area contributed by atoms with Crippen molar-refractivity contribution in [3.8, 4) is 0 Å². The van der Waals surface area contributed by atoms with Gasteiger partial charge in [0.15, 0.2) is 0 Å². The molecule has 6 heteroatoms. The monoisotopic (exact) mass is 367 g/mol. The summed E-state index contributed by atoms with van der Waals surface area (Å²) >= 11 is 0. The van der Waals surface area contributed by atoms with Crippen molar-refractivity contribution in [1.82, 2.24) is 15.2 Å². The number of aromatic nitrogens is 1. The largest absolute Gasteiger partial charge is 0.365 e. The fourth-order valence-electron chi connectivity index (χ4n) is 3.80. The molecule has 2 fully saturated rings. The van der Waals surface area contributed by atoms with Crippen LogP contribution in [-0.2, 0) is 9.53 Å². The number of carbonyl (C=O) groups is 1. The van der Waals surface area contributed by atoms with E-state index in [1.165, 1.54) is 25.7 Å². The molecule has 0 bridgehead atoms. The van der Waals surface area contributed by atoms with Gasteiger partial charge in [0.2, 0.25) is 0 Å². The van der Waals surface area contributed by atoms with Gasteiger partial charge in [-0.1, -0.05) is 31.7 Å². The Labute approximate surface area is 156 Å². The summed E-state index contributed by atoms with van der Waals surface area (Å²) in [7, 11) is 0. The van der Waals surface area contributed by atoms with Crippen molar-refractivity contribution in [3.05, 3.63) is 30.1 Å². The summed E-state index contributed by atoms with van der Waals surface area (Å²) in [5.74, 6) is 0.106. The van der Waals surface area contributed by atoms with Crippen molar-refractivity contribution >= 4 is 18.3 Å². The quantitative estimate of drug-likeness (QED) is 0.831. The highest BCUT2D eigenvalue weighted by molar-refractivity contribution is 5.85. The van der Waals surface area contributed by atoms with Crippen molar-refractivity contribution in [2.45, 2.75) is 63.7 Å². The summed E-state index contributed by atoms with van der Waals surface area (Å²) in [6.07, 6.45) is 10.7. The predicted molar refractivity (Wildman–Crippen MR) is 101 cm³/mol. The minimum absolute atomic E-state index is 0. The number of piperazine rings is 1. The Morgan fingerprint density at radius 2 is 2.08 bits per heavy atom. The van der Waals surface area contributed by atoms with Crippen molar-refractivity contribution in [2.24, 2.45) is 0 Å². The molecular formula is C19H30ClN3O2. The molecular weight excluding hydrogens is 338 g/mol. The third-order valence-corrected chi connectivity index (χ3v) is 5.14. The third-order valence-electron chi connectivity index (χ3n) is 5.14. The lowest BCUT2D eigenvalue weighted by molar-refractivity contribution is -0.150. The van der Waals surface area contributed by atoms with Crippen LogP contribution in [-0.4, -0.2) is 47.6 Å². The molecule has 0 spiro atoms. The Balaban J connectivity index is 0.00000225. The zero-order valence-corrected chi connectivity index (χ0v) is 15.8. The highest BCUT2D eigenvalue weighted by atomic mass is 35.5. The number of carbonyl (C=O) groups excluding carboxylic acids is 1. The molecule has 1 N–H and O–H groups in total. The van der Waals surface area contributed by atoms with E-state index in [9.17, 15) is 4.79 Å². The van der Waals surface area contributed by atoms with Gasteiger partial charge >= 0.3 is 0 Å². The van der Waals surface area contributed by atoms with E-state index in [1.54, 1.807) is 6.20 Å². The van der Waals surface area contributed by atoms with Gasteiger partial charge < -0.3 is 15.0 Å². The molecule has 1 aromatic heterocycles. The molecule has 2 atom stereocenters. The van der Waals surface area contributed by atoms with Crippen LogP contribution in [0.15, 0.2) is 24.5 Å². The number of pyridine rings is 1. The van der Waals surface area contributed by atoms with E-state index < -0.39 is 0 Å². The maximum atomic E-state index is 13.0. The molecule has 1 aliphatic heterocycles. The number of amides is 1. The summed E-state index contributed by atoms with van der Waals surface area (Å²) in [4.78, 5) is 19.2. The second-order valence-electron chi connectivity index (χ2n) is 6.93. The molecule has 25 heavy (non-hydrogen) atoms. The van der Waals surface area contributed by atoms with Crippen LogP contribution in [0.1, 0.15) is 57.1 Å². The van der Waals surface area contributed by atoms with E-state index >= 15 is 0 Å². The first kappa shape index (κ1) is 20.1. The maximum absolute atomic E-state index is 13.0. The van der Waals surface area contributed by atoms with Gasteiger partial charge in [-0.25, -0.2) is 0 Å². The maximum Gasteiger partial charge on any atom is 0.252 e. The number of nitrogens with zero attached hydrogens (tertiary/aromatic N) is 2. The standard InChI is InChI=1S/C19H29N3O2.ClH/c1-15(24-17-8-4-2-3-5-9-17)19(23)22-12-11-21-14-18(22)16-7-6-10-20-13-16;/h6-7,10,13,15,17-18,21H,2-5,8-9,11-12,14H2,1H3;1H. The van der Waals surface area contributed by atoms with Crippen LogP contribution in [0.25, 0.3) is 0 Å². The van der Waals surface area contributed by atoms with Crippen molar-refractivity contribution in [1.29, 1.82) is 0 Å². The van der Waals surface area contributed by atoms with E-state index in [2.05, 4.69) is 10.3 Å². The fourth-order valence-corrected chi connectivity index (χ4v) is 3.80. The molecule has 0 radical (unpaired) electrons. The number of hydrogen-bond acceptors (Lipinski definition) is 4. The summed E-state index contributed by atoms with van der Waals surface area (Å²) in [5.41, 5.74) is 1.08. The summed E-state index contributed by atoms with van der Waals surface area (Å²) in [6.45, 7) is 4.23. The second kappa shape index (κ2) is 10.1. The molecule has 140 valence electrons. The van der Waals surface area contributed by atoms with Crippen LogP contribution in [0.2, 0.25) is 0 Å². The lowest BCUT2D eigenvalue weighted by atomic mass is 10.0. The number of hydrogen-bond donors (Lipinski definition) is 1. The van der Waals surface area contributed by atoms with Gasteiger partial charge in [0.1, 0.15) is 6.10 Å². The zero-order chi connectivity index (χ0) is 16.8.